The summed E-state index contributed by atoms with van der Waals surface area (Å²) in [5.41, 5.74) is 0.884. The lowest BCUT2D eigenvalue weighted by molar-refractivity contribution is 0.0693. The van der Waals surface area contributed by atoms with Crippen LogP contribution in [0.1, 0.15) is 10.4 Å². The summed E-state index contributed by atoms with van der Waals surface area (Å²) in [7, 11) is 1.46. The van der Waals surface area contributed by atoms with E-state index in [1.54, 1.807) is 12.3 Å². The summed E-state index contributed by atoms with van der Waals surface area (Å²) in [4.78, 5) is 13.8. The molecule has 1 aromatic carbocycles. The van der Waals surface area contributed by atoms with Crippen molar-refractivity contribution in [2.45, 2.75) is 0 Å². The molecule has 0 unspecified atom stereocenters. The first kappa shape index (κ1) is 8.62. The van der Waals surface area contributed by atoms with Gasteiger partial charge < -0.3 is 14.8 Å². The molecule has 4 heteroatoms. The zero-order valence-electron chi connectivity index (χ0n) is 7.57. The van der Waals surface area contributed by atoms with E-state index < -0.39 is 5.97 Å². The van der Waals surface area contributed by atoms with Crippen LogP contribution in [-0.4, -0.2) is 23.2 Å². The van der Waals surface area contributed by atoms with Crippen molar-refractivity contribution in [2.24, 2.45) is 0 Å². The number of nitrogens with one attached hydrogen (secondary N) is 1. The number of aromatic amines is 1. The normalized spacial score (nSPS) is 10.4. The number of carbonyl (C=O) groups is 1. The van der Waals surface area contributed by atoms with Crippen LogP contribution in [0.3, 0.4) is 0 Å². The van der Waals surface area contributed by atoms with Crippen LogP contribution in [0.5, 0.6) is 5.75 Å². The first-order chi connectivity index (χ1) is 6.74. The van der Waals surface area contributed by atoms with Crippen LogP contribution < -0.4 is 4.74 Å². The van der Waals surface area contributed by atoms with Crippen molar-refractivity contribution in [3.63, 3.8) is 0 Å². The standard InChI is InChI=1S/C10H9NO3/c1-14-9-7(10(12)13)3-2-6-4-5-11-8(6)9/h2-5,11H,1H3,(H,12,13). The number of aromatic nitrogens is 1. The van der Waals surface area contributed by atoms with Crippen molar-refractivity contribution in [1.82, 2.24) is 4.98 Å². The average molecular weight is 191 g/mol. The van der Waals surface area contributed by atoms with Crippen molar-refractivity contribution >= 4 is 16.9 Å². The van der Waals surface area contributed by atoms with Crippen molar-refractivity contribution in [2.75, 3.05) is 7.11 Å². The van der Waals surface area contributed by atoms with Gasteiger partial charge in [0.25, 0.3) is 0 Å². The minimum Gasteiger partial charge on any atom is -0.494 e. The van der Waals surface area contributed by atoms with Crippen LogP contribution in [0.2, 0.25) is 0 Å². The molecule has 0 bridgehead atoms. The van der Waals surface area contributed by atoms with Crippen molar-refractivity contribution < 1.29 is 14.6 Å². The van der Waals surface area contributed by atoms with Crippen LogP contribution in [0.15, 0.2) is 24.4 Å². The summed E-state index contributed by atoms with van der Waals surface area (Å²) in [5, 5.41) is 9.84. The van der Waals surface area contributed by atoms with Gasteiger partial charge >= 0.3 is 5.97 Å². The molecule has 14 heavy (non-hydrogen) atoms. The SMILES string of the molecule is COc1c(C(=O)O)ccc2cc[nH]c12. The highest BCUT2D eigenvalue weighted by Crippen LogP contribution is 2.28. The molecule has 0 radical (unpaired) electrons. The average Bonchev–Trinajstić information content (AvgIpc) is 2.63. The summed E-state index contributed by atoms with van der Waals surface area (Å²) >= 11 is 0. The van der Waals surface area contributed by atoms with E-state index in [9.17, 15) is 4.79 Å². The lowest BCUT2D eigenvalue weighted by atomic mass is 10.1. The highest BCUT2D eigenvalue weighted by atomic mass is 16.5. The predicted octanol–water partition coefficient (Wildman–Crippen LogP) is 1.87. The molecule has 0 fully saturated rings. The van der Waals surface area contributed by atoms with Gasteiger partial charge in [0.1, 0.15) is 5.56 Å². The Kier molecular flexibility index (Phi) is 1.89. The number of fused-ring (bicyclic) bond motifs is 1. The number of aromatic carboxylic acids is 1. The molecule has 0 aliphatic heterocycles. The topological polar surface area (TPSA) is 62.3 Å². The van der Waals surface area contributed by atoms with Crippen molar-refractivity contribution in [1.29, 1.82) is 0 Å². The van der Waals surface area contributed by atoms with E-state index in [1.165, 1.54) is 13.2 Å². The summed E-state index contributed by atoms with van der Waals surface area (Å²) < 4.78 is 5.07. The fourth-order valence-corrected chi connectivity index (χ4v) is 1.48. The number of hydrogen-bond donors (Lipinski definition) is 2. The second kappa shape index (κ2) is 3.06. The quantitative estimate of drug-likeness (QED) is 0.761. The Morgan fingerprint density at radius 3 is 2.86 bits per heavy atom. The molecule has 0 aliphatic rings. The first-order valence-electron chi connectivity index (χ1n) is 4.11. The molecule has 0 amide bonds. The van der Waals surface area contributed by atoms with Gasteiger partial charge in [0.15, 0.2) is 5.75 Å². The summed E-state index contributed by atoms with van der Waals surface area (Å²) in [5.74, 6) is -0.613. The number of H-pyrrole nitrogens is 1. The number of ether oxygens (including phenoxy) is 1. The number of hydrogen-bond acceptors (Lipinski definition) is 2. The Hall–Kier alpha value is -1.97. The Morgan fingerprint density at radius 1 is 1.43 bits per heavy atom. The van der Waals surface area contributed by atoms with Crippen molar-refractivity contribution in [3.05, 3.63) is 30.0 Å². The summed E-state index contributed by atoms with van der Waals surface area (Å²) in [6.07, 6.45) is 1.75. The number of methoxy groups -OCH3 is 1. The number of rotatable bonds is 2. The maximum absolute atomic E-state index is 10.9. The molecule has 4 nitrogen and oxygen atoms in total. The first-order valence-corrected chi connectivity index (χ1v) is 4.11. The van der Waals surface area contributed by atoms with E-state index in [1.807, 2.05) is 6.07 Å². The van der Waals surface area contributed by atoms with Crippen LogP contribution >= 0.6 is 0 Å². The van der Waals surface area contributed by atoms with Gasteiger partial charge in [-0.25, -0.2) is 4.79 Å². The van der Waals surface area contributed by atoms with Gasteiger partial charge in [-0.3, -0.25) is 0 Å². The van der Waals surface area contributed by atoms with E-state index in [-0.39, 0.29) is 5.56 Å². The summed E-state index contributed by atoms with van der Waals surface area (Å²) in [6.45, 7) is 0. The molecule has 2 rings (SSSR count). The molecule has 72 valence electrons. The third-order valence-electron chi connectivity index (χ3n) is 2.12. The number of carboxylic acids is 1. The van der Waals surface area contributed by atoms with Gasteiger partial charge in [-0.2, -0.15) is 0 Å². The molecule has 1 heterocycles. The van der Waals surface area contributed by atoms with E-state index in [0.717, 1.165) is 5.39 Å². The molecule has 2 aromatic rings. The monoisotopic (exact) mass is 191 g/mol. The maximum atomic E-state index is 10.9. The molecule has 0 saturated heterocycles. The van der Waals surface area contributed by atoms with Gasteiger partial charge in [0.05, 0.1) is 12.6 Å². The maximum Gasteiger partial charge on any atom is 0.339 e. The molecule has 0 saturated carbocycles. The van der Waals surface area contributed by atoms with Gasteiger partial charge in [-0.15, -0.1) is 0 Å². The fourth-order valence-electron chi connectivity index (χ4n) is 1.48. The van der Waals surface area contributed by atoms with Crippen LogP contribution in [-0.2, 0) is 0 Å². The van der Waals surface area contributed by atoms with E-state index in [0.29, 0.717) is 11.3 Å². The van der Waals surface area contributed by atoms with Crippen molar-refractivity contribution in [3.8, 4) is 5.75 Å². The third kappa shape index (κ3) is 1.12. The lowest BCUT2D eigenvalue weighted by Crippen LogP contribution is -2.00. The molecule has 2 N–H and O–H groups in total. The van der Waals surface area contributed by atoms with E-state index in [2.05, 4.69) is 4.98 Å². The highest BCUT2D eigenvalue weighted by Gasteiger charge is 2.14. The van der Waals surface area contributed by atoms with Crippen LogP contribution in [0, 0.1) is 0 Å². The number of benzene rings is 1. The van der Waals surface area contributed by atoms with Gasteiger partial charge in [-0.05, 0) is 12.1 Å². The summed E-state index contributed by atoms with van der Waals surface area (Å²) in [6, 6.07) is 5.15. The molecule has 0 atom stereocenters. The Balaban J connectivity index is 2.78. The molecular formula is C10H9NO3. The fraction of sp³-hybridized carbons (Fsp3) is 0.100. The zero-order valence-corrected chi connectivity index (χ0v) is 7.57. The molecule has 1 aromatic heterocycles. The largest absolute Gasteiger partial charge is 0.494 e. The van der Waals surface area contributed by atoms with Crippen LogP contribution in [0.4, 0.5) is 0 Å². The second-order valence-electron chi connectivity index (χ2n) is 2.89. The third-order valence-corrected chi connectivity index (χ3v) is 2.12. The second-order valence-corrected chi connectivity index (χ2v) is 2.89. The number of carboxylic acid groups (broad SMARTS) is 1. The molecule has 0 spiro atoms. The highest BCUT2D eigenvalue weighted by molar-refractivity contribution is 5.99. The minimum absolute atomic E-state index is 0.169. The lowest BCUT2D eigenvalue weighted by Gasteiger charge is -2.05. The van der Waals surface area contributed by atoms with E-state index in [4.69, 9.17) is 9.84 Å². The van der Waals surface area contributed by atoms with Gasteiger partial charge in [0, 0.05) is 11.6 Å². The van der Waals surface area contributed by atoms with Crippen LogP contribution in [0.25, 0.3) is 10.9 Å². The Labute approximate surface area is 80.1 Å². The molecular weight excluding hydrogens is 182 g/mol. The Bertz CT molecular complexity index is 487. The minimum atomic E-state index is -0.988. The van der Waals surface area contributed by atoms with Gasteiger partial charge in [0.2, 0.25) is 0 Å². The zero-order chi connectivity index (χ0) is 10.1. The van der Waals surface area contributed by atoms with Gasteiger partial charge in [-0.1, -0.05) is 6.07 Å². The smallest absolute Gasteiger partial charge is 0.339 e. The Morgan fingerprint density at radius 2 is 2.21 bits per heavy atom. The van der Waals surface area contributed by atoms with E-state index >= 15 is 0 Å². The molecule has 0 aliphatic carbocycles. The predicted molar refractivity (Wildman–Crippen MR) is 51.8 cm³/mol.